The fourth-order valence-electron chi connectivity index (χ4n) is 4.62. The van der Waals surface area contributed by atoms with E-state index in [-0.39, 0.29) is 24.3 Å². The fourth-order valence-corrected chi connectivity index (χ4v) is 4.82. The van der Waals surface area contributed by atoms with E-state index in [1.165, 1.54) is 24.7 Å². The molecule has 0 atom stereocenters. The van der Waals surface area contributed by atoms with Crippen molar-refractivity contribution in [3.8, 4) is 22.9 Å². The number of piperidine rings is 1. The number of ether oxygens (including phenoxy) is 2. The van der Waals surface area contributed by atoms with E-state index in [0.717, 1.165) is 43.9 Å². The van der Waals surface area contributed by atoms with Crippen LogP contribution in [0, 0.1) is 5.82 Å². The molecule has 0 spiro atoms. The molecule has 204 valence electrons. The van der Waals surface area contributed by atoms with Crippen molar-refractivity contribution in [3.63, 3.8) is 0 Å². The van der Waals surface area contributed by atoms with E-state index in [1.54, 1.807) is 19.4 Å². The van der Waals surface area contributed by atoms with Gasteiger partial charge in [-0.05, 0) is 48.7 Å². The van der Waals surface area contributed by atoms with Crippen molar-refractivity contribution in [2.45, 2.75) is 25.4 Å². The molecule has 2 aromatic carbocycles. The van der Waals surface area contributed by atoms with Crippen LogP contribution >= 0.6 is 11.6 Å². The number of likely N-dealkylation sites (N-methyl/N-ethyl adjacent to an activating group) is 1. The number of methoxy groups -OCH3 is 1. The van der Waals surface area contributed by atoms with Gasteiger partial charge in [0.15, 0.2) is 23.8 Å². The molecular weight excluding hydrogens is 523 g/mol. The van der Waals surface area contributed by atoms with Crippen LogP contribution in [0.2, 0.25) is 5.02 Å². The minimum absolute atomic E-state index is 0.0136. The number of nitrogens with zero attached hydrogens (tertiary/aromatic N) is 3. The third-order valence-electron chi connectivity index (χ3n) is 6.82. The lowest BCUT2D eigenvalue weighted by atomic mass is 10.0. The molecule has 0 bridgehead atoms. The molecule has 1 amide bonds. The van der Waals surface area contributed by atoms with E-state index in [2.05, 4.69) is 42.6 Å². The number of halogens is 2. The lowest BCUT2D eigenvalue weighted by Gasteiger charge is -2.33. The summed E-state index contributed by atoms with van der Waals surface area (Å²) in [4.78, 5) is 26.0. The summed E-state index contributed by atoms with van der Waals surface area (Å²) in [6.45, 7) is 2.54. The van der Waals surface area contributed by atoms with Crippen molar-refractivity contribution in [2.75, 3.05) is 39.2 Å². The number of imidazole rings is 1. The van der Waals surface area contributed by atoms with Gasteiger partial charge in [0.25, 0.3) is 5.91 Å². The van der Waals surface area contributed by atoms with Crippen molar-refractivity contribution in [1.82, 2.24) is 25.2 Å². The van der Waals surface area contributed by atoms with Gasteiger partial charge in [0.2, 0.25) is 0 Å². The Morgan fingerprint density at radius 3 is 2.67 bits per heavy atom. The zero-order valence-corrected chi connectivity index (χ0v) is 22.5. The lowest BCUT2D eigenvalue weighted by Crippen LogP contribution is -2.38. The summed E-state index contributed by atoms with van der Waals surface area (Å²) in [6.07, 6.45) is 3.49. The van der Waals surface area contributed by atoms with Gasteiger partial charge in [-0.2, -0.15) is 0 Å². The Labute approximate surface area is 230 Å². The highest BCUT2D eigenvalue weighted by Gasteiger charge is 2.22. The quantitative estimate of drug-likeness (QED) is 0.278. The molecule has 1 aliphatic heterocycles. The van der Waals surface area contributed by atoms with Crippen LogP contribution in [0.25, 0.3) is 22.6 Å². The number of aromatic amines is 1. The number of carbonyl (C=O) groups excluding carboxylic acids is 1. The standard InChI is InChI=1S/C28H30ClFN6O3/c1-31-24(37)16-39-23-8-5-18(13-22(23)30)27-34-26-25(21(29)14-32-28(26)35-27)33-19-9-11-36(12-10-19)15-17-3-6-20(38-2)7-4-17/h3-8,13-14,19H,9-12,15-16H2,1-2H3,(H,31,37)(H2,32,33,34,35). The predicted octanol–water partition coefficient (Wildman–Crippen LogP) is 4.63. The Morgan fingerprint density at radius 1 is 1.21 bits per heavy atom. The van der Waals surface area contributed by atoms with Gasteiger partial charge < -0.3 is 25.1 Å². The average molecular weight is 553 g/mol. The summed E-state index contributed by atoms with van der Waals surface area (Å²) >= 11 is 6.55. The Hall–Kier alpha value is -3.89. The van der Waals surface area contributed by atoms with Crippen LogP contribution in [0.1, 0.15) is 18.4 Å². The summed E-state index contributed by atoms with van der Waals surface area (Å²) in [5.74, 6) is 0.358. The maximum atomic E-state index is 14.6. The van der Waals surface area contributed by atoms with Gasteiger partial charge in [-0.15, -0.1) is 0 Å². The van der Waals surface area contributed by atoms with Gasteiger partial charge in [-0.1, -0.05) is 23.7 Å². The highest BCUT2D eigenvalue weighted by atomic mass is 35.5. The molecule has 3 N–H and O–H groups in total. The van der Waals surface area contributed by atoms with E-state index in [0.29, 0.717) is 27.6 Å². The Kier molecular flexibility index (Phi) is 8.13. The van der Waals surface area contributed by atoms with Crippen LogP contribution in [-0.4, -0.2) is 65.7 Å². The molecule has 39 heavy (non-hydrogen) atoms. The molecule has 1 aliphatic rings. The molecule has 0 radical (unpaired) electrons. The summed E-state index contributed by atoms with van der Waals surface area (Å²) < 4.78 is 25.1. The molecule has 1 saturated heterocycles. The third-order valence-corrected chi connectivity index (χ3v) is 7.10. The van der Waals surface area contributed by atoms with Crippen molar-refractivity contribution >= 4 is 34.4 Å². The van der Waals surface area contributed by atoms with Crippen molar-refractivity contribution in [1.29, 1.82) is 0 Å². The fraction of sp³-hybridized carbons (Fsp3) is 0.321. The molecule has 3 heterocycles. The number of benzene rings is 2. The maximum Gasteiger partial charge on any atom is 0.257 e. The number of nitrogens with one attached hydrogen (secondary N) is 3. The Bertz CT molecular complexity index is 1450. The van der Waals surface area contributed by atoms with Crippen LogP contribution in [0.4, 0.5) is 10.1 Å². The van der Waals surface area contributed by atoms with Crippen molar-refractivity contribution in [3.05, 3.63) is 65.1 Å². The number of H-pyrrole nitrogens is 1. The zero-order chi connectivity index (χ0) is 27.4. The number of hydrogen-bond acceptors (Lipinski definition) is 7. The number of fused-ring (bicyclic) bond motifs is 1. The highest BCUT2D eigenvalue weighted by molar-refractivity contribution is 6.34. The monoisotopic (exact) mass is 552 g/mol. The summed E-state index contributed by atoms with van der Waals surface area (Å²) in [5, 5.41) is 6.51. The minimum Gasteiger partial charge on any atom is -0.497 e. The van der Waals surface area contributed by atoms with Gasteiger partial charge in [0.05, 0.1) is 24.0 Å². The van der Waals surface area contributed by atoms with E-state index in [4.69, 9.17) is 21.1 Å². The minimum atomic E-state index is -0.595. The summed E-state index contributed by atoms with van der Waals surface area (Å²) in [6, 6.07) is 12.9. The number of rotatable bonds is 9. The van der Waals surface area contributed by atoms with Crippen LogP contribution in [0.15, 0.2) is 48.7 Å². The average Bonchev–Trinajstić information content (AvgIpc) is 3.40. The van der Waals surface area contributed by atoms with Gasteiger partial charge >= 0.3 is 0 Å². The first-order valence-electron chi connectivity index (χ1n) is 12.7. The molecule has 2 aromatic heterocycles. The van der Waals surface area contributed by atoms with E-state index in [1.807, 2.05) is 12.1 Å². The number of anilines is 1. The predicted molar refractivity (Wildman–Crippen MR) is 149 cm³/mol. The van der Waals surface area contributed by atoms with E-state index in [9.17, 15) is 9.18 Å². The van der Waals surface area contributed by atoms with Gasteiger partial charge in [0.1, 0.15) is 17.1 Å². The normalized spacial score (nSPS) is 14.4. The molecule has 1 fully saturated rings. The molecule has 0 unspecified atom stereocenters. The first-order valence-corrected chi connectivity index (χ1v) is 13.1. The first-order chi connectivity index (χ1) is 18.9. The molecular formula is C28H30ClFN6O3. The Balaban J connectivity index is 1.26. The zero-order valence-electron chi connectivity index (χ0n) is 21.8. The van der Waals surface area contributed by atoms with Gasteiger partial charge in [-0.3, -0.25) is 9.69 Å². The molecule has 0 aliphatic carbocycles. The Morgan fingerprint density at radius 2 is 1.97 bits per heavy atom. The van der Waals surface area contributed by atoms with E-state index >= 15 is 0 Å². The molecule has 0 saturated carbocycles. The SMILES string of the molecule is CNC(=O)COc1ccc(-c2nc3ncc(Cl)c(NC4CCN(Cc5ccc(OC)cc5)CC4)c3[nH]2)cc1F. The topological polar surface area (TPSA) is 104 Å². The third kappa shape index (κ3) is 6.23. The second kappa shape index (κ2) is 11.9. The smallest absolute Gasteiger partial charge is 0.257 e. The lowest BCUT2D eigenvalue weighted by molar-refractivity contribution is -0.122. The van der Waals surface area contributed by atoms with Crippen LogP contribution in [-0.2, 0) is 11.3 Å². The van der Waals surface area contributed by atoms with Gasteiger partial charge in [0, 0.05) is 38.3 Å². The van der Waals surface area contributed by atoms with Crippen molar-refractivity contribution < 1.29 is 18.7 Å². The van der Waals surface area contributed by atoms with Crippen molar-refractivity contribution in [2.24, 2.45) is 0 Å². The van der Waals surface area contributed by atoms with Gasteiger partial charge in [-0.25, -0.2) is 14.4 Å². The molecule has 9 nitrogen and oxygen atoms in total. The maximum absolute atomic E-state index is 14.6. The number of pyridine rings is 1. The van der Waals surface area contributed by atoms with Crippen LogP contribution < -0.4 is 20.1 Å². The second-order valence-corrected chi connectivity index (χ2v) is 9.82. The highest BCUT2D eigenvalue weighted by Crippen LogP contribution is 2.33. The number of carbonyl (C=O) groups is 1. The van der Waals surface area contributed by atoms with Crippen LogP contribution in [0.3, 0.4) is 0 Å². The first kappa shape index (κ1) is 26.7. The second-order valence-electron chi connectivity index (χ2n) is 9.42. The summed E-state index contributed by atoms with van der Waals surface area (Å²) in [7, 11) is 3.16. The van der Waals surface area contributed by atoms with Crippen LogP contribution in [0.5, 0.6) is 11.5 Å². The van der Waals surface area contributed by atoms with E-state index < -0.39 is 5.82 Å². The molecule has 5 rings (SSSR count). The summed E-state index contributed by atoms with van der Waals surface area (Å²) in [5.41, 5.74) is 3.66. The molecule has 11 heteroatoms. The number of likely N-dealkylation sites (tertiary alicyclic amines) is 1. The largest absolute Gasteiger partial charge is 0.497 e. The number of aromatic nitrogens is 3. The molecule has 4 aromatic rings. The number of hydrogen-bond donors (Lipinski definition) is 3. The number of amides is 1.